The van der Waals surface area contributed by atoms with Crippen molar-refractivity contribution in [3.05, 3.63) is 12.2 Å². The van der Waals surface area contributed by atoms with Crippen LogP contribution < -0.4 is 0 Å². The normalized spacial score (nSPS) is 22.7. The zero-order valence-corrected chi connectivity index (χ0v) is 19.7. The van der Waals surface area contributed by atoms with Crippen molar-refractivity contribution in [2.45, 2.75) is 117 Å². The van der Waals surface area contributed by atoms with Gasteiger partial charge in [0.05, 0.1) is 0 Å². The molecule has 0 fully saturated rings. The summed E-state index contributed by atoms with van der Waals surface area (Å²) in [7, 11) is 0. The second kappa shape index (κ2) is 13.9. The number of rotatable bonds is 15. The van der Waals surface area contributed by atoms with E-state index in [1.54, 1.807) is 0 Å². The Morgan fingerprint density at radius 2 is 1.59 bits per heavy atom. The van der Waals surface area contributed by atoms with Crippen molar-refractivity contribution in [3.8, 4) is 0 Å². The molecule has 0 aromatic heterocycles. The van der Waals surface area contributed by atoms with Crippen LogP contribution in [0.1, 0.15) is 112 Å². The van der Waals surface area contributed by atoms with Gasteiger partial charge in [-0.2, -0.15) is 11.8 Å². The molecule has 0 heterocycles. The summed E-state index contributed by atoms with van der Waals surface area (Å²) in [5.74, 6) is 2.29. The van der Waals surface area contributed by atoms with Crippen LogP contribution >= 0.6 is 11.8 Å². The third kappa shape index (κ3) is 10.2. The summed E-state index contributed by atoms with van der Waals surface area (Å²) in [4.78, 5) is 12.9. The van der Waals surface area contributed by atoms with Gasteiger partial charge in [-0.15, -0.1) is 0 Å². The number of carbonyl (C=O) groups is 1. The van der Waals surface area contributed by atoms with Crippen LogP contribution in [0.4, 0.5) is 0 Å². The van der Waals surface area contributed by atoms with Gasteiger partial charge < -0.3 is 0 Å². The first-order valence-electron chi connectivity index (χ1n) is 11.7. The Hall–Kier alpha value is -0.240. The predicted molar refractivity (Wildman–Crippen MR) is 124 cm³/mol. The van der Waals surface area contributed by atoms with Crippen LogP contribution in [0.3, 0.4) is 0 Å². The molecule has 0 saturated carbocycles. The lowest BCUT2D eigenvalue weighted by Gasteiger charge is -2.39. The highest BCUT2D eigenvalue weighted by Crippen LogP contribution is 2.42. The van der Waals surface area contributed by atoms with Crippen LogP contribution in [0.2, 0.25) is 0 Å². The van der Waals surface area contributed by atoms with Gasteiger partial charge in [0.1, 0.15) is 5.78 Å². The van der Waals surface area contributed by atoms with Crippen LogP contribution in [0.15, 0.2) is 12.2 Å². The Bertz CT molecular complexity index is 426. The van der Waals surface area contributed by atoms with Gasteiger partial charge in [-0.1, -0.05) is 105 Å². The Morgan fingerprint density at radius 3 is 2.15 bits per heavy atom. The zero-order valence-electron chi connectivity index (χ0n) is 18.9. The molecule has 0 spiro atoms. The number of thioether (sulfide) groups is 1. The molecule has 0 aliphatic heterocycles. The molecular formula is C25H46OS. The van der Waals surface area contributed by atoms with Gasteiger partial charge in [0.25, 0.3) is 0 Å². The molecule has 0 radical (unpaired) electrons. The topological polar surface area (TPSA) is 17.1 Å². The smallest absolute Gasteiger partial charge is 0.138 e. The van der Waals surface area contributed by atoms with E-state index in [0.717, 1.165) is 12.8 Å². The van der Waals surface area contributed by atoms with E-state index in [9.17, 15) is 4.79 Å². The van der Waals surface area contributed by atoms with Gasteiger partial charge in [-0.05, 0) is 29.9 Å². The average molecular weight is 395 g/mol. The first-order valence-corrected chi connectivity index (χ1v) is 12.7. The van der Waals surface area contributed by atoms with Crippen LogP contribution in [0, 0.1) is 17.3 Å². The number of hydrogen-bond donors (Lipinski definition) is 0. The van der Waals surface area contributed by atoms with Gasteiger partial charge >= 0.3 is 0 Å². The molecule has 1 rings (SSSR count). The Kier molecular flexibility index (Phi) is 12.7. The SMILES string of the molecule is CCCCCCCCCCCCS[C@H](C)CC(=O)[C@H]1[C@H](C)C=CCC1(C)C. The number of unbranched alkanes of at least 4 members (excludes halogenated alkanes) is 9. The van der Waals surface area contributed by atoms with Gasteiger partial charge in [-0.3, -0.25) is 4.79 Å². The van der Waals surface area contributed by atoms with Gasteiger partial charge in [0.15, 0.2) is 0 Å². The minimum absolute atomic E-state index is 0.117. The van der Waals surface area contributed by atoms with Crippen LogP contribution in [0.25, 0.3) is 0 Å². The molecule has 3 atom stereocenters. The van der Waals surface area contributed by atoms with Crippen LogP contribution in [0.5, 0.6) is 0 Å². The lowest BCUT2D eigenvalue weighted by Crippen LogP contribution is -2.38. The van der Waals surface area contributed by atoms with E-state index in [1.165, 1.54) is 70.0 Å². The van der Waals surface area contributed by atoms with Crippen LogP contribution in [-0.2, 0) is 4.79 Å². The molecule has 0 bridgehead atoms. The molecule has 1 aliphatic carbocycles. The van der Waals surface area contributed by atoms with E-state index in [0.29, 0.717) is 17.0 Å². The molecule has 0 aromatic carbocycles. The van der Waals surface area contributed by atoms with E-state index < -0.39 is 0 Å². The number of carbonyl (C=O) groups excluding carboxylic acids is 1. The second-order valence-corrected chi connectivity index (χ2v) is 11.0. The highest BCUT2D eigenvalue weighted by atomic mass is 32.2. The molecule has 1 nitrogen and oxygen atoms in total. The average Bonchev–Trinajstić information content (AvgIpc) is 2.58. The van der Waals surface area contributed by atoms with Crippen molar-refractivity contribution >= 4 is 17.5 Å². The van der Waals surface area contributed by atoms with Crippen molar-refractivity contribution in [2.24, 2.45) is 17.3 Å². The van der Waals surface area contributed by atoms with E-state index in [1.807, 2.05) is 11.8 Å². The fourth-order valence-electron chi connectivity index (χ4n) is 4.61. The fourth-order valence-corrected chi connectivity index (χ4v) is 5.66. The second-order valence-electron chi connectivity index (χ2n) is 9.49. The number of Topliss-reactive ketones (excluding diaryl/α,β-unsaturated/α-hetero) is 1. The summed E-state index contributed by atoms with van der Waals surface area (Å²) < 4.78 is 0. The minimum atomic E-state index is 0.117. The summed E-state index contributed by atoms with van der Waals surface area (Å²) in [5, 5.41) is 0.463. The molecule has 0 amide bonds. The molecule has 0 N–H and O–H groups in total. The Balaban J connectivity index is 2.08. The minimum Gasteiger partial charge on any atom is -0.299 e. The maximum absolute atomic E-state index is 12.9. The molecule has 27 heavy (non-hydrogen) atoms. The van der Waals surface area contributed by atoms with Gasteiger partial charge in [0.2, 0.25) is 0 Å². The first-order chi connectivity index (χ1) is 12.9. The monoisotopic (exact) mass is 394 g/mol. The van der Waals surface area contributed by atoms with Crippen molar-refractivity contribution in [2.75, 3.05) is 5.75 Å². The van der Waals surface area contributed by atoms with E-state index in [-0.39, 0.29) is 11.3 Å². The maximum atomic E-state index is 12.9. The van der Waals surface area contributed by atoms with Crippen molar-refractivity contribution in [1.29, 1.82) is 0 Å². The highest BCUT2D eigenvalue weighted by Gasteiger charge is 2.39. The number of allylic oxidation sites excluding steroid dienone is 2. The molecule has 2 heteroatoms. The van der Waals surface area contributed by atoms with E-state index in [4.69, 9.17) is 0 Å². The number of hydrogen-bond acceptors (Lipinski definition) is 2. The van der Waals surface area contributed by atoms with Crippen LogP contribution in [-0.4, -0.2) is 16.8 Å². The summed E-state index contributed by atoms with van der Waals surface area (Å²) in [6.45, 7) is 11.3. The quantitative estimate of drug-likeness (QED) is 0.205. The lowest BCUT2D eigenvalue weighted by atomic mass is 9.65. The highest BCUT2D eigenvalue weighted by molar-refractivity contribution is 7.99. The van der Waals surface area contributed by atoms with E-state index in [2.05, 4.69) is 46.8 Å². The molecule has 0 saturated heterocycles. The van der Waals surface area contributed by atoms with Crippen molar-refractivity contribution < 1.29 is 4.79 Å². The molecule has 0 unspecified atom stereocenters. The lowest BCUT2D eigenvalue weighted by molar-refractivity contribution is -0.128. The molecule has 158 valence electrons. The standard InChI is InChI=1S/C25H46OS/c1-6-7-8-9-10-11-12-13-14-15-19-27-22(3)20-23(26)24-21(2)17-16-18-25(24,4)5/h16-17,21-22,24H,6-15,18-20H2,1-5H3/t21-,22-,24-/m1/s1. The fraction of sp³-hybridized carbons (Fsp3) is 0.880. The summed E-state index contributed by atoms with van der Waals surface area (Å²) >= 11 is 2.01. The maximum Gasteiger partial charge on any atom is 0.138 e. The van der Waals surface area contributed by atoms with E-state index >= 15 is 0 Å². The zero-order chi connectivity index (χ0) is 20.1. The summed E-state index contributed by atoms with van der Waals surface area (Å²) in [5.41, 5.74) is 0.117. The Labute approximate surface area is 174 Å². The first kappa shape index (κ1) is 24.8. The molecule has 1 aliphatic rings. The number of ketones is 1. The van der Waals surface area contributed by atoms with Crippen molar-refractivity contribution in [1.82, 2.24) is 0 Å². The largest absolute Gasteiger partial charge is 0.299 e. The third-order valence-electron chi connectivity index (χ3n) is 6.19. The molecular weight excluding hydrogens is 348 g/mol. The molecule has 0 aromatic rings. The summed E-state index contributed by atoms with van der Waals surface area (Å²) in [6.07, 6.45) is 20.2. The summed E-state index contributed by atoms with van der Waals surface area (Å²) in [6, 6.07) is 0. The van der Waals surface area contributed by atoms with Gasteiger partial charge in [0, 0.05) is 17.6 Å². The van der Waals surface area contributed by atoms with Crippen molar-refractivity contribution in [3.63, 3.8) is 0 Å². The Morgan fingerprint density at radius 1 is 1.04 bits per heavy atom. The third-order valence-corrected chi connectivity index (χ3v) is 7.45. The predicted octanol–water partition coefficient (Wildman–Crippen LogP) is 8.23. The van der Waals surface area contributed by atoms with Gasteiger partial charge in [-0.25, -0.2) is 0 Å².